The highest BCUT2D eigenvalue weighted by atomic mass is 15.2. The number of nitrogens with zero attached hydrogens (tertiary/aromatic N) is 1. The fourth-order valence-corrected chi connectivity index (χ4v) is 2.92. The topological polar surface area (TPSA) is 29.3 Å². The zero-order valence-corrected chi connectivity index (χ0v) is 10.9. The van der Waals surface area contributed by atoms with Crippen molar-refractivity contribution in [2.75, 3.05) is 13.1 Å². The Balaban J connectivity index is 2.49. The van der Waals surface area contributed by atoms with Crippen molar-refractivity contribution < 1.29 is 0 Å². The molecule has 1 rings (SSSR count). The predicted octanol–water partition coefficient (Wildman–Crippen LogP) is 2.62. The van der Waals surface area contributed by atoms with Crippen LogP contribution in [0.4, 0.5) is 0 Å². The summed E-state index contributed by atoms with van der Waals surface area (Å²) in [6.07, 6.45) is 5.03. The molecule has 1 fully saturated rings. The fourth-order valence-electron chi connectivity index (χ4n) is 2.92. The number of rotatable bonds is 5. The molecule has 1 aliphatic rings. The van der Waals surface area contributed by atoms with Crippen molar-refractivity contribution in [2.45, 2.75) is 65.0 Å². The van der Waals surface area contributed by atoms with E-state index >= 15 is 0 Å². The van der Waals surface area contributed by atoms with Crippen molar-refractivity contribution in [1.29, 1.82) is 0 Å². The van der Waals surface area contributed by atoms with Gasteiger partial charge in [-0.15, -0.1) is 0 Å². The van der Waals surface area contributed by atoms with Crippen LogP contribution in [0.1, 0.15) is 53.4 Å². The molecule has 1 saturated heterocycles. The number of nitrogens with two attached hydrogens (primary N) is 1. The first kappa shape index (κ1) is 13.0. The van der Waals surface area contributed by atoms with E-state index in [4.69, 9.17) is 5.73 Å². The summed E-state index contributed by atoms with van der Waals surface area (Å²) < 4.78 is 0. The van der Waals surface area contributed by atoms with Gasteiger partial charge in [-0.1, -0.05) is 27.2 Å². The third kappa shape index (κ3) is 3.76. The van der Waals surface area contributed by atoms with Gasteiger partial charge < -0.3 is 5.73 Å². The summed E-state index contributed by atoms with van der Waals surface area (Å²) in [5, 5.41) is 0. The van der Waals surface area contributed by atoms with Crippen molar-refractivity contribution in [3.8, 4) is 0 Å². The number of likely N-dealkylation sites (tertiary alicyclic amines) is 1. The maximum absolute atomic E-state index is 6.33. The van der Waals surface area contributed by atoms with Crippen LogP contribution in [-0.4, -0.2) is 29.6 Å². The van der Waals surface area contributed by atoms with Gasteiger partial charge >= 0.3 is 0 Å². The molecule has 0 aromatic rings. The second kappa shape index (κ2) is 5.31. The van der Waals surface area contributed by atoms with Crippen molar-refractivity contribution in [2.24, 2.45) is 11.7 Å². The van der Waals surface area contributed by atoms with Crippen LogP contribution >= 0.6 is 0 Å². The van der Waals surface area contributed by atoms with Crippen LogP contribution in [-0.2, 0) is 0 Å². The summed E-state index contributed by atoms with van der Waals surface area (Å²) in [5.74, 6) is 0.768. The van der Waals surface area contributed by atoms with E-state index in [-0.39, 0.29) is 5.54 Å². The minimum atomic E-state index is 0.00618. The average Bonchev–Trinajstić information content (AvgIpc) is 2.50. The summed E-state index contributed by atoms with van der Waals surface area (Å²) in [5.41, 5.74) is 6.33. The van der Waals surface area contributed by atoms with Crippen LogP contribution in [0.2, 0.25) is 0 Å². The molecular weight excluding hydrogens is 184 g/mol. The zero-order chi connectivity index (χ0) is 11.5. The summed E-state index contributed by atoms with van der Waals surface area (Å²) in [4.78, 5) is 2.61. The molecule has 90 valence electrons. The predicted molar refractivity (Wildman–Crippen MR) is 66.9 cm³/mol. The second-order valence-electron chi connectivity index (χ2n) is 5.83. The molecule has 2 unspecified atom stereocenters. The molecule has 0 aliphatic carbocycles. The van der Waals surface area contributed by atoms with Crippen molar-refractivity contribution >= 4 is 0 Å². The Hall–Kier alpha value is -0.0800. The zero-order valence-electron chi connectivity index (χ0n) is 10.9. The largest absolute Gasteiger partial charge is 0.324 e. The van der Waals surface area contributed by atoms with Gasteiger partial charge in [-0.3, -0.25) is 4.90 Å². The van der Waals surface area contributed by atoms with Crippen LogP contribution in [0.25, 0.3) is 0 Å². The Morgan fingerprint density at radius 3 is 2.67 bits per heavy atom. The minimum absolute atomic E-state index is 0.00618. The summed E-state index contributed by atoms with van der Waals surface area (Å²) in [6.45, 7) is 11.4. The smallest absolute Gasteiger partial charge is 0.0254 e. The van der Waals surface area contributed by atoms with E-state index in [0.29, 0.717) is 0 Å². The van der Waals surface area contributed by atoms with E-state index < -0.39 is 0 Å². The second-order valence-corrected chi connectivity index (χ2v) is 5.83. The average molecular weight is 212 g/mol. The molecular formula is C13H28N2. The summed E-state index contributed by atoms with van der Waals surface area (Å²) in [6, 6.07) is 0.768. The Morgan fingerprint density at radius 2 is 2.13 bits per heavy atom. The van der Waals surface area contributed by atoms with E-state index in [1.807, 2.05) is 0 Å². The van der Waals surface area contributed by atoms with Gasteiger partial charge in [0.2, 0.25) is 0 Å². The first-order valence-electron chi connectivity index (χ1n) is 6.49. The maximum atomic E-state index is 6.33. The molecule has 0 aromatic heterocycles. The van der Waals surface area contributed by atoms with E-state index in [1.165, 1.54) is 25.8 Å². The standard InChI is InChI=1S/C13H28N2/c1-5-8-13(4,14)10-15-9-6-7-12(15)11(2)3/h11-12H,5-10,14H2,1-4H3. The quantitative estimate of drug-likeness (QED) is 0.759. The Labute approximate surface area is 95.2 Å². The maximum Gasteiger partial charge on any atom is 0.0254 e. The molecule has 15 heavy (non-hydrogen) atoms. The Morgan fingerprint density at radius 1 is 1.47 bits per heavy atom. The van der Waals surface area contributed by atoms with Gasteiger partial charge in [0.25, 0.3) is 0 Å². The highest BCUT2D eigenvalue weighted by Crippen LogP contribution is 2.25. The summed E-state index contributed by atoms with van der Waals surface area (Å²) in [7, 11) is 0. The first-order valence-corrected chi connectivity index (χ1v) is 6.49. The van der Waals surface area contributed by atoms with Gasteiger partial charge in [-0.25, -0.2) is 0 Å². The number of hydrogen-bond donors (Lipinski definition) is 1. The molecule has 2 atom stereocenters. The molecule has 0 spiro atoms. The molecule has 0 amide bonds. The molecule has 0 radical (unpaired) electrons. The molecule has 0 bridgehead atoms. The Bertz CT molecular complexity index is 187. The van der Waals surface area contributed by atoms with Crippen LogP contribution in [0.3, 0.4) is 0 Å². The van der Waals surface area contributed by atoms with Gasteiger partial charge in [0, 0.05) is 18.1 Å². The normalized spacial score (nSPS) is 27.2. The van der Waals surface area contributed by atoms with Gasteiger partial charge in [-0.2, -0.15) is 0 Å². The summed E-state index contributed by atoms with van der Waals surface area (Å²) >= 11 is 0. The van der Waals surface area contributed by atoms with Crippen molar-refractivity contribution in [1.82, 2.24) is 4.90 Å². The highest BCUT2D eigenvalue weighted by molar-refractivity contribution is 4.89. The van der Waals surface area contributed by atoms with Gasteiger partial charge in [-0.05, 0) is 38.6 Å². The minimum Gasteiger partial charge on any atom is -0.324 e. The first-order chi connectivity index (χ1) is 6.96. The monoisotopic (exact) mass is 212 g/mol. The van der Waals surface area contributed by atoms with Crippen molar-refractivity contribution in [3.05, 3.63) is 0 Å². The SMILES string of the molecule is CCCC(C)(N)CN1CCCC1C(C)C. The third-order valence-electron chi connectivity index (χ3n) is 3.57. The van der Waals surface area contributed by atoms with Gasteiger partial charge in [0.1, 0.15) is 0 Å². The lowest BCUT2D eigenvalue weighted by Crippen LogP contribution is -2.50. The van der Waals surface area contributed by atoms with E-state index in [9.17, 15) is 0 Å². The third-order valence-corrected chi connectivity index (χ3v) is 3.57. The molecule has 2 N–H and O–H groups in total. The van der Waals surface area contributed by atoms with Crippen LogP contribution in [0, 0.1) is 5.92 Å². The van der Waals surface area contributed by atoms with Crippen LogP contribution in [0.15, 0.2) is 0 Å². The Kier molecular flexibility index (Phi) is 4.60. The molecule has 2 nitrogen and oxygen atoms in total. The highest BCUT2D eigenvalue weighted by Gasteiger charge is 2.31. The van der Waals surface area contributed by atoms with Gasteiger partial charge in [0.05, 0.1) is 0 Å². The van der Waals surface area contributed by atoms with E-state index in [2.05, 4.69) is 32.6 Å². The lowest BCUT2D eigenvalue weighted by Gasteiger charge is -2.35. The molecule has 0 aromatic carbocycles. The van der Waals surface area contributed by atoms with E-state index in [0.717, 1.165) is 24.9 Å². The van der Waals surface area contributed by atoms with E-state index in [1.54, 1.807) is 0 Å². The van der Waals surface area contributed by atoms with Crippen LogP contribution in [0.5, 0.6) is 0 Å². The molecule has 2 heteroatoms. The van der Waals surface area contributed by atoms with Crippen LogP contribution < -0.4 is 5.73 Å². The molecule has 1 aliphatic heterocycles. The lowest BCUT2D eigenvalue weighted by molar-refractivity contribution is 0.163. The molecule has 1 heterocycles. The lowest BCUT2D eigenvalue weighted by atomic mass is 9.95. The van der Waals surface area contributed by atoms with Gasteiger partial charge in [0.15, 0.2) is 0 Å². The number of hydrogen-bond acceptors (Lipinski definition) is 2. The van der Waals surface area contributed by atoms with Crippen molar-refractivity contribution in [3.63, 3.8) is 0 Å². The molecule has 0 saturated carbocycles. The fraction of sp³-hybridized carbons (Fsp3) is 1.00.